The van der Waals surface area contributed by atoms with E-state index < -0.39 is 18.6 Å². The van der Waals surface area contributed by atoms with Gasteiger partial charge in [-0.25, -0.2) is 9.97 Å². The zero-order valence-corrected chi connectivity index (χ0v) is 13.3. The summed E-state index contributed by atoms with van der Waals surface area (Å²) in [7, 11) is 1.53. The first kappa shape index (κ1) is 17.8. The number of nitrogens with zero attached hydrogens (tertiary/aromatic N) is 3. The van der Waals surface area contributed by atoms with E-state index in [1.807, 2.05) is 0 Å². The molecule has 0 saturated heterocycles. The van der Waals surface area contributed by atoms with E-state index in [4.69, 9.17) is 0 Å². The van der Waals surface area contributed by atoms with Crippen molar-refractivity contribution in [3.05, 3.63) is 54.4 Å². The minimum Gasteiger partial charge on any atom is -0.435 e. The Hall–Kier alpha value is -2.97. The van der Waals surface area contributed by atoms with Crippen LogP contribution >= 0.6 is 0 Å². The molecule has 3 rings (SSSR count). The lowest BCUT2D eigenvalue weighted by Gasteiger charge is -2.21. The van der Waals surface area contributed by atoms with Crippen LogP contribution in [0.5, 0.6) is 5.75 Å². The second kappa shape index (κ2) is 6.74. The number of fused-ring (bicyclic) bond motifs is 1. The van der Waals surface area contributed by atoms with Gasteiger partial charge in [0.15, 0.2) is 0 Å². The van der Waals surface area contributed by atoms with Gasteiger partial charge in [-0.05, 0) is 36.4 Å². The smallest absolute Gasteiger partial charge is 0.435 e. The fraction of sp³-hybridized carbons (Fsp3) is 0.176. The van der Waals surface area contributed by atoms with E-state index >= 15 is 0 Å². The van der Waals surface area contributed by atoms with Crippen molar-refractivity contribution in [2.24, 2.45) is 0 Å². The molecule has 0 unspecified atom stereocenters. The van der Waals surface area contributed by atoms with Crippen LogP contribution in [0.25, 0.3) is 10.9 Å². The lowest BCUT2D eigenvalue weighted by molar-refractivity contribution is -0.144. The van der Waals surface area contributed by atoms with Gasteiger partial charge < -0.3 is 9.64 Å². The van der Waals surface area contributed by atoms with Crippen molar-refractivity contribution < 1.29 is 26.7 Å². The van der Waals surface area contributed by atoms with Crippen LogP contribution in [-0.2, 0) is 6.18 Å². The fourth-order valence-electron chi connectivity index (χ4n) is 2.42. The molecule has 1 aromatic heterocycles. The highest BCUT2D eigenvalue weighted by Crippen LogP contribution is 2.34. The van der Waals surface area contributed by atoms with Crippen LogP contribution in [0.15, 0.2) is 48.5 Å². The van der Waals surface area contributed by atoms with Gasteiger partial charge in [0.2, 0.25) is 5.82 Å². The molecule has 0 aliphatic carbocycles. The van der Waals surface area contributed by atoms with E-state index in [9.17, 15) is 22.0 Å². The molecule has 0 fully saturated rings. The summed E-state index contributed by atoms with van der Waals surface area (Å²) in [5.41, 5.74) is 0.595. The molecule has 136 valence electrons. The lowest BCUT2D eigenvalue weighted by Crippen LogP contribution is -2.17. The van der Waals surface area contributed by atoms with Gasteiger partial charge in [0.25, 0.3) is 0 Å². The van der Waals surface area contributed by atoms with Crippen molar-refractivity contribution in [2.75, 3.05) is 11.9 Å². The van der Waals surface area contributed by atoms with Crippen LogP contribution in [-0.4, -0.2) is 23.6 Å². The Labute approximate surface area is 144 Å². The van der Waals surface area contributed by atoms with Crippen LogP contribution < -0.4 is 9.64 Å². The molecule has 0 bridgehead atoms. The van der Waals surface area contributed by atoms with Crippen LogP contribution in [0, 0.1) is 0 Å². The quantitative estimate of drug-likeness (QED) is 0.606. The number of para-hydroxylation sites is 1. The fourth-order valence-corrected chi connectivity index (χ4v) is 2.42. The van der Waals surface area contributed by atoms with Gasteiger partial charge in [0.1, 0.15) is 11.6 Å². The molecule has 4 nitrogen and oxygen atoms in total. The molecule has 0 aliphatic heterocycles. The number of anilines is 2. The Kier molecular flexibility index (Phi) is 4.62. The summed E-state index contributed by atoms with van der Waals surface area (Å²) in [5, 5.41) is 0.427. The largest absolute Gasteiger partial charge is 0.451 e. The minimum atomic E-state index is -4.70. The summed E-state index contributed by atoms with van der Waals surface area (Å²) in [4.78, 5) is 8.64. The second-order valence-electron chi connectivity index (χ2n) is 5.32. The molecule has 0 spiro atoms. The first-order valence-corrected chi connectivity index (χ1v) is 7.38. The zero-order chi connectivity index (χ0) is 18.9. The molecule has 0 aliphatic rings. The van der Waals surface area contributed by atoms with Crippen molar-refractivity contribution in [3.8, 4) is 5.75 Å². The number of benzene rings is 2. The zero-order valence-electron chi connectivity index (χ0n) is 13.3. The third-order valence-electron chi connectivity index (χ3n) is 3.60. The van der Waals surface area contributed by atoms with E-state index in [-0.39, 0.29) is 17.1 Å². The number of hydrogen-bond donors (Lipinski definition) is 0. The number of aromatic nitrogens is 2. The van der Waals surface area contributed by atoms with Crippen molar-refractivity contribution in [1.82, 2.24) is 9.97 Å². The highest BCUT2D eigenvalue weighted by atomic mass is 19.4. The summed E-state index contributed by atoms with van der Waals surface area (Å²) in [6, 6.07) is 11.8. The van der Waals surface area contributed by atoms with Crippen molar-refractivity contribution >= 4 is 22.4 Å². The van der Waals surface area contributed by atoms with Gasteiger partial charge in [0, 0.05) is 18.1 Å². The van der Waals surface area contributed by atoms with E-state index in [0.717, 1.165) is 0 Å². The van der Waals surface area contributed by atoms with Crippen LogP contribution in [0.4, 0.5) is 33.5 Å². The van der Waals surface area contributed by atoms with Gasteiger partial charge in [-0.2, -0.15) is 22.0 Å². The van der Waals surface area contributed by atoms with Gasteiger partial charge >= 0.3 is 12.8 Å². The SMILES string of the molecule is CN(c1ccc(OC(F)F)cc1)c1nc(C(F)(F)F)nc2ccccc12. The van der Waals surface area contributed by atoms with E-state index in [1.165, 1.54) is 42.3 Å². The Morgan fingerprint density at radius 3 is 2.23 bits per heavy atom. The predicted molar refractivity (Wildman–Crippen MR) is 85.7 cm³/mol. The average Bonchev–Trinajstić information content (AvgIpc) is 2.59. The summed E-state index contributed by atoms with van der Waals surface area (Å²) < 4.78 is 68.0. The molecule has 2 aromatic carbocycles. The standard InChI is InChI=1S/C17H12F5N3O/c1-25(10-6-8-11(9-7-10)26-16(18)19)14-12-4-2-3-5-13(12)23-15(24-14)17(20,21)22/h2-9,16H,1H3. The maximum atomic E-state index is 13.1. The summed E-state index contributed by atoms with van der Waals surface area (Å²) >= 11 is 0. The molecular formula is C17H12F5N3O. The highest BCUT2D eigenvalue weighted by molar-refractivity contribution is 5.91. The maximum Gasteiger partial charge on any atom is 0.451 e. The molecule has 0 radical (unpaired) electrons. The minimum absolute atomic E-state index is 0.0467. The molecule has 3 aromatic rings. The maximum absolute atomic E-state index is 13.1. The molecule has 0 N–H and O–H groups in total. The molecule has 0 amide bonds. The van der Waals surface area contributed by atoms with Gasteiger partial charge in [0.05, 0.1) is 5.52 Å². The molecule has 0 atom stereocenters. The summed E-state index contributed by atoms with van der Waals surface area (Å²) in [6.45, 7) is -2.96. The Balaban J connectivity index is 2.05. The first-order valence-electron chi connectivity index (χ1n) is 7.38. The Morgan fingerprint density at radius 2 is 1.62 bits per heavy atom. The van der Waals surface area contributed by atoms with Gasteiger partial charge in [-0.1, -0.05) is 12.1 Å². The third kappa shape index (κ3) is 3.66. The van der Waals surface area contributed by atoms with Crippen molar-refractivity contribution in [2.45, 2.75) is 12.8 Å². The van der Waals surface area contributed by atoms with E-state index in [2.05, 4.69) is 14.7 Å². The normalized spacial score (nSPS) is 11.8. The van der Waals surface area contributed by atoms with Gasteiger partial charge in [-0.3, -0.25) is 0 Å². The van der Waals surface area contributed by atoms with Crippen molar-refractivity contribution in [3.63, 3.8) is 0 Å². The number of alkyl halides is 5. The van der Waals surface area contributed by atoms with E-state index in [0.29, 0.717) is 11.1 Å². The molecule has 9 heteroatoms. The monoisotopic (exact) mass is 369 g/mol. The Bertz CT molecular complexity index is 912. The van der Waals surface area contributed by atoms with E-state index in [1.54, 1.807) is 18.2 Å². The highest BCUT2D eigenvalue weighted by Gasteiger charge is 2.36. The number of hydrogen-bond acceptors (Lipinski definition) is 4. The number of ether oxygens (including phenoxy) is 1. The van der Waals surface area contributed by atoms with Crippen LogP contribution in [0.2, 0.25) is 0 Å². The molecule has 1 heterocycles. The first-order chi connectivity index (χ1) is 12.3. The predicted octanol–water partition coefficient (Wildman–Crippen LogP) is 5.02. The van der Waals surface area contributed by atoms with Crippen LogP contribution in [0.3, 0.4) is 0 Å². The number of halogens is 5. The molecule has 0 saturated carbocycles. The topological polar surface area (TPSA) is 38.2 Å². The van der Waals surface area contributed by atoms with Crippen LogP contribution in [0.1, 0.15) is 5.82 Å². The average molecular weight is 369 g/mol. The number of rotatable bonds is 4. The lowest BCUT2D eigenvalue weighted by atomic mass is 10.2. The van der Waals surface area contributed by atoms with Gasteiger partial charge in [-0.15, -0.1) is 0 Å². The second-order valence-corrected chi connectivity index (χ2v) is 5.32. The summed E-state index contributed by atoms with van der Waals surface area (Å²) in [5.74, 6) is -1.26. The summed E-state index contributed by atoms with van der Waals surface area (Å²) in [6.07, 6.45) is -4.70. The third-order valence-corrected chi connectivity index (χ3v) is 3.60. The van der Waals surface area contributed by atoms with Crippen molar-refractivity contribution in [1.29, 1.82) is 0 Å². The Morgan fingerprint density at radius 1 is 0.962 bits per heavy atom. The molecule has 26 heavy (non-hydrogen) atoms. The molecular weight excluding hydrogens is 357 g/mol.